The van der Waals surface area contributed by atoms with Gasteiger partial charge >= 0.3 is 5.97 Å². The average molecular weight is 240 g/mol. The van der Waals surface area contributed by atoms with Crippen molar-refractivity contribution in [1.29, 1.82) is 0 Å². The Bertz CT molecular complexity index is 398. The maximum absolute atomic E-state index is 13.2. The molecule has 3 nitrogen and oxygen atoms in total. The second-order valence-corrected chi connectivity index (χ2v) is 3.03. The lowest BCUT2D eigenvalue weighted by atomic mass is 10.1. The highest BCUT2D eigenvalue weighted by atomic mass is 35.5. The van der Waals surface area contributed by atoms with Gasteiger partial charge in [-0.15, -0.1) is 0 Å². The van der Waals surface area contributed by atoms with E-state index in [1.807, 2.05) is 0 Å². The SMILES string of the molecule is O=C(O)Cc1c(C(F)F)cnc(Cl)c1F. The first-order valence-corrected chi connectivity index (χ1v) is 4.14. The highest BCUT2D eigenvalue weighted by molar-refractivity contribution is 6.29. The third-order valence-electron chi connectivity index (χ3n) is 1.67. The van der Waals surface area contributed by atoms with Crippen LogP contribution in [-0.4, -0.2) is 16.1 Å². The molecule has 0 unspecified atom stereocenters. The van der Waals surface area contributed by atoms with E-state index in [-0.39, 0.29) is 0 Å². The Morgan fingerprint density at radius 3 is 2.67 bits per heavy atom. The van der Waals surface area contributed by atoms with E-state index in [2.05, 4.69) is 4.98 Å². The summed E-state index contributed by atoms with van der Waals surface area (Å²) >= 11 is 5.25. The molecule has 1 aromatic heterocycles. The van der Waals surface area contributed by atoms with Gasteiger partial charge in [-0.05, 0) is 0 Å². The third-order valence-corrected chi connectivity index (χ3v) is 1.94. The maximum atomic E-state index is 13.2. The fourth-order valence-corrected chi connectivity index (χ4v) is 1.19. The minimum atomic E-state index is -2.99. The summed E-state index contributed by atoms with van der Waals surface area (Å²) in [6, 6.07) is 0. The highest BCUT2D eigenvalue weighted by Gasteiger charge is 2.21. The van der Waals surface area contributed by atoms with Crippen molar-refractivity contribution >= 4 is 17.6 Å². The Hall–Kier alpha value is -1.30. The van der Waals surface area contributed by atoms with Crippen LogP contribution in [0.4, 0.5) is 13.2 Å². The molecule has 0 fully saturated rings. The summed E-state index contributed by atoms with van der Waals surface area (Å²) in [7, 11) is 0. The number of carbonyl (C=O) groups is 1. The molecule has 0 spiro atoms. The molecule has 0 aromatic carbocycles. The number of hydrogen-bond acceptors (Lipinski definition) is 2. The van der Waals surface area contributed by atoms with Crippen molar-refractivity contribution < 1.29 is 23.1 Å². The number of rotatable bonds is 3. The summed E-state index contributed by atoms with van der Waals surface area (Å²) in [6.07, 6.45) is -3.17. The van der Waals surface area contributed by atoms with Gasteiger partial charge in [0.2, 0.25) is 0 Å². The van der Waals surface area contributed by atoms with Gasteiger partial charge in [0.1, 0.15) is 0 Å². The first-order valence-electron chi connectivity index (χ1n) is 3.76. The van der Waals surface area contributed by atoms with E-state index in [1.54, 1.807) is 0 Å². The van der Waals surface area contributed by atoms with Crippen molar-refractivity contribution in [1.82, 2.24) is 4.98 Å². The van der Waals surface area contributed by atoms with Crippen LogP contribution in [-0.2, 0) is 11.2 Å². The van der Waals surface area contributed by atoms with Crippen LogP contribution in [0.2, 0.25) is 5.15 Å². The van der Waals surface area contributed by atoms with Crippen LogP contribution in [0.25, 0.3) is 0 Å². The van der Waals surface area contributed by atoms with Crippen LogP contribution in [0.1, 0.15) is 17.6 Å². The summed E-state index contributed by atoms with van der Waals surface area (Å²) in [5, 5.41) is 7.80. The van der Waals surface area contributed by atoms with Gasteiger partial charge in [0.15, 0.2) is 11.0 Å². The predicted molar refractivity (Wildman–Crippen MR) is 45.5 cm³/mol. The zero-order valence-corrected chi connectivity index (χ0v) is 7.93. The standard InChI is InChI=1S/C8H5ClF3NO2/c9-7-6(10)3(1-5(14)15)4(2-13-7)8(11)12/h2,8H,1H2,(H,14,15). The number of halogens is 4. The predicted octanol–water partition coefficient (Wildman–Crippen LogP) is 2.44. The van der Waals surface area contributed by atoms with Gasteiger partial charge < -0.3 is 5.11 Å². The number of carboxylic acids is 1. The zero-order chi connectivity index (χ0) is 11.6. The number of carboxylic acid groups (broad SMARTS) is 1. The van der Waals surface area contributed by atoms with Crippen LogP contribution in [0.15, 0.2) is 6.20 Å². The Labute approximate surface area is 87.5 Å². The molecule has 1 rings (SSSR count). The van der Waals surface area contributed by atoms with Crippen LogP contribution >= 0.6 is 11.6 Å². The Morgan fingerprint density at radius 1 is 1.60 bits per heavy atom. The summed E-state index contributed by atoms with van der Waals surface area (Å²) in [5.41, 5.74) is -1.38. The normalized spacial score (nSPS) is 10.7. The van der Waals surface area contributed by atoms with Gasteiger partial charge in [-0.2, -0.15) is 0 Å². The Morgan fingerprint density at radius 2 is 2.20 bits per heavy atom. The van der Waals surface area contributed by atoms with Gasteiger partial charge in [-0.1, -0.05) is 11.6 Å². The van der Waals surface area contributed by atoms with Crippen LogP contribution in [0.3, 0.4) is 0 Å². The van der Waals surface area contributed by atoms with E-state index in [0.29, 0.717) is 6.20 Å². The molecule has 0 atom stereocenters. The second-order valence-electron chi connectivity index (χ2n) is 2.67. The minimum absolute atomic E-state index is 0.615. The van der Waals surface area contributed by atoms with E-state index in [0.717, 1.165) is 0 Å². The molecule has 0 saturated carbocycles. The molecule has 0 aliphatic rings. The van der Waals surface area contributed by atoms with Gasteiger partial charge in [0.05, 0.1) is 6.42 Å². The lowest BCUT2D eigenvalue weighted by Gasteiger charge is -2.08. The monoisotopic (exact) mass is 239 g/mol. The third kappa shape index (κ3) is 2.59. The lowest BCUT2D eigenvalue weighted by molar-refractivity contribution is -0.136. The van der Waals surface area contributed by atoms with Crippen molar-refractivity contribution in [3.8, 4) is 0 Å². The molecule has 0 amide bonds. The van der Waals surface area contributed by atoms with Gasteiger partial charge in [0.25, 0.3) is 6.43 Å². The summed E-state index contributed by atoms with van der Waals surface area (Å²) < 4.78 is 37.9. The molecule has 0 bridgehead atoms. The molecule has 0 aliphatic carbocycles. The maximum Gasteiger partial charge on any atom is 0.307 e. The molecular formula is C8H5ClF3NO2. The molecule has 7 heteroatoms. The number of aromatic nitrogens is 1. The van der Waals surface area contributed by atoms with E-state index < -0.39 is 40.9 Å². The number of alkyl halides is 2. The number of pyridine rings is 1. The molecule has 0 radical (unpaired) electrons. The summed E-state index contributed by atoms with van der Waals surface area (Å²) in [5.74, 6) is -2.63. The van der Waals surface area contributed by atoms with Gasteiger partial charge in [-0.3, -0.25) is 4.79 Å². The Balaban J connectivity index is 3.28. The van der Waals surface area contributed by atoms with E-state index >= 15 is 0 Å². The molecule has 0 aliphatic heterocycles. The molecule has 1 N–H and O–H groups in total. The van der Waals surface area contributed by atoms with E-state index in [1.165, 1.54) is 0 Å². The topological polar surface area (TPSA) is 50.2 Å². The van der Waals surface area contributed by atoms with E-state index in [4.69, 9.17) is 16.7 Å². The average Bonchev–Trinajstić information content (AvgIpc) is 2.12. The number of aliphatic carboxylic acids is 1. The number of nitrogens with zero attached hydrogens (tertiary/aromatic N) is 1. The van der Waals surface area contributed by atoms with Crippen molar-refractivity contribution in [3.05, 3.63) is 28.3 Å². The smallest absolute Gasteiger partial charge is 0.307 e. The molecular weight excluding hydrogens is 235 g/mol. The molecule has 1 aromatic rings. The van der Waals surface area contributed by atoms with Gasteiger partial charge in [-0.25, -0.2) is 18.2 Å². The quantitative estimate of drug-likeness (QED) is 0.824. The van der Waals surface area contributed by atoms with Crippen LogP contribution < -0.4 is 0 Å². The fourth-order valence-electron chi connectivity index (χ4n) is 1.03. The van der Waals surface area contributed by atoms with Crippen molar-refractivity contribution in [2.75, 3.05) is 0 Å². The molecule has 1 heterocycles. The van der Waals surface area contributed by atoms with Crippen molar-refractivity contribution in [3.63, 3.8) is 0 Å². The zero-order valence-electron chi connectivity index (χ0n) is 7.18. The van der Waals surface area contributed by atoms with Crippen molar-refractivity contribution in [2.45, 2.75) is 12.8 Å². The highest BCUT2D eigenvalue weighted by Crippen LogP contribution is 2.27. The van der Waals surface area contributed by atoms with Crippen LogP contribution in [0, 0.1) is 5.82 Å². The lowest BCUT2D eigenvalue weighted by Crippen LogP contribution is -2.08. The molecule has 15 heavy (non-hydrogen) atoms. The van der Waals surface area contributed by atoms with Gasteiger partial charge in [0, 0.05) is 17.3 Å². The first-order chi connectivity index (χ1) is 6.93. The Kier molecular flexibility index (Phi) is 3.52. The van der Waals surface area contributed by atoms with E-state index in [9.17, 15) is 18.0 Å². The molecule has 0 saturated heterocycles. The minimum Gasteiger partial charge on any atom is -0.481 e. The summed E-state index contributed by atoms with van der Waals surface area (Å²) in [4.78, 5) is 13.5. The van der Waals surface area contributed by atoms with Crippen LogP contribution in [0.5, 0.6) is 0 Å². The van der Waals surface area contributed by atoms with Crippen molar-refractivity contribution in [2.24, 2.45) is 0 Å². The second kappa shape index (κ2) is 4.48. The fraction of sp³-hybridized carbons (Fsp3) is 0.250. The first kappa shape index (κ1) is 11.8. The summed E-state index contributed by atoms with van der Waals surface area (Å²) in [6.45, 7) is 0. The molecule has 82 valence electrons. The largest absolute Gasteiger partial charge is 0.481 e. The number of hydrogen-bond donors (Lipinski definition) is 1.